The quantitative estimate of drug-likeness (QED) is 0.840. The topological polar surface area (TPSA) is 24.9 Å². The molecule has 1 saturated carbocycles. The first-order valence-corrected chi connectivity index (χ1v) is 8.07. The molecule has 2 aliphatic rings. The van der Waals surface area contributed by atoms with Gasteiger partial charge in [-0.2, -0.15) is 0 Å². The minimum atomic E-state index is 0.0634. The zero-order valence-corrected chi connectivity index (χ0v) is 12.5. The molecule has 104 valence electrons. The van der Waals surface area contributed by atoms with Gasteiger partial charge in [0.25, 0.3) is 0 Å². The lowest BCUT2D eigenvalue weighted by Crippen LogP contribution is -2.43. The number of fused-ring (bicyclic) bond motifs is 1. The fourth-order valence-corrected chi connectivity index (χ4v) is 3.70. The molecule has 1 N–H and O–H groups in total. The van der Waals surface area contributed by atoms with Crippen LogP contribution in [0.1, 0.15) is 50.3 Å². The van der Waals surface area contributed by atoms with E-state index in [0.29, 0.717) is 5.88 Å². The van der Waals surface area contributed by atoms with Crippen molar-refractivity contribution < 1.29 is 0 Å². The van der Waals surface area contributed by atoms with E-state index in [1.165, 1.54) is 36.9 Å². The lowest BCUT2D eigenvalue weighted by atomic mass is 9.78. The van der Waals surface area contributed by atoms with Gasteiger partial charge in [0.1, 0.15) is 5.82 Å². The van der Waals surface area contributed by atoms with Crippen molar-refractivity contribution in [2.24, 2.45) is 5.92 Å². The van der Waals surface area contributed by atoms with Crippen molar-refractivity contribution >= 4 is 17.4 Å². The number of aromatic nitrogens is 1. The Kier molecular flexibility index (Phi) is 3.70. The number of nitrogens with one attached hydrogen (secondary N) is 1. The molecule has 19 heavy (non-hydrogen) atoms. The third-order valence-electron chi connectivity index (χ3n) is 4.81. The van der Waals surface area contributed by atoms with Crippen LogP contribution in [0, 0.1) is 5.92 Å². The Balaban J connectivity index is 1.75. The maximum absolute atomic E-state index is 6.26. The number of pyridine rings is 1. The second-order valence-corrected chi connectivity index (χ2v) is 6.64. The second-order valence-electron chi connectivity index (χ2n) is 6.38. The van der Waals surface area contributed by atoms with Crippen molar-refractivity contribution in [2.45, 2.75) is 57.4 Å². The molecule has 1 heterocycles. The van der Waals surface area contributed by atoms with E-state index in [-0.39, 0.29) is 5.54 Å². The van der Waals surface area contributed by atoms with E-state index in [4.69, 9.17) is 16.6 Å². The molecule has 1 aromatic rings. The summed E-state index contributed by atoms with van der Waals surface area (Å²) >= 11 is 6.26. The number of aryl methyl sites for hydroxylation is 2. The van der Waals surface area contributed by atoms with Crippen molar-refractivity contribution in [3.8, 4) is 0 Å². The van der Waals surface area contributed by atoms with Gasteiger partial charge in [-0.1, -0.05) is 13.0 Å². The zero-order valence-electron chi connectivity index (χ0n) is 11.7. The predicted molar refractivity (Wildman–Crippen MR) is 81.0 cm³/mol. The molecule has 2 nitrogen and oxygen atoms in total. The molecule has 1 fully saturated rings. The van der Waals surface area contributed by atoms with Crippen molar-refractivity contribution in [3.05, 3.63) is 23.4 Å². The van der Waals surface area contributed by atoms with E-state index in [0.717, 1.165) is 31.0 Å². The average molecular weight is 279 g/mol. The Morgan fingerprint density at radius 1 is 1.32 bits per heavy atom. The average Bonchev–Trinajstić information content (AvgIpc) is 2.89. The normalized spacial score (nSPS) is 30.1. The third kappa shape index (κ3) is 2.74. The van der Waals surface area contributed by atoms with Crippen LogP contribution in [0.25, 0.3) is 0 Å². The summed E-state index contributed by atoms with van der Waals surface area (Å²) < 4.78 is 0. The third-order valence-corrected chi connectivity index (χ3v) is 5.32. The summed E-state index contributed by atoms with van der Waals surface area (Å²) in [6.07, 6.45) is 8.45. The summed E-state index contributed by atoms with van der Waals surface area (Å²) in [5.74, 6) is 2.54. The minimum Gasteiger partial charge on any atom is -0.363 e. The van der Waals surface area contributed by atoms with Crippen LogP contribution < -0.4 is 5.32 Å². The number of anilines is 1. The highest BCUT2D eigenvalue weighted by Gasteiger charge is 2.33. The van der Waals surface area contributed by atoms with E-state index >= 15 is 0 Å². The van der Waals surface area contributed by atoms with E-state index in [1.54, 1.807) is 0 Å². The maximum Gasteiger partial charge on any atom is 0.126 e. The fraction of sp³-hybridized carbons (Fsp3) is 0.688. The molecule has 0 aliphatic heterocycles. The van der Waals surface area contributed by atoms with Gasteiger partial charge in [0, 0.05) is 11.6 Å². The summed E-state index contributed by atoms with van der Waals surface area (Å²) in [6, 6.07) is 4.38. The molecule has 3 rings (SSSR count). The molecular weight excluding hydrogens is 256 g/mol. The van der Waals surface area contributed by atoms with Crippen LogP contribution in [0.5, 0.6) is 0 Å². The van der Waals surface area contributed by atoms with Gasteiger partial charge in [-0.05, 0) is 62.5 Å². The molecule has 0 saturated heterocycles. The van der Waals surface area contributed by atoms with Crippen LogP contribution >= 0.6 is 11.6 Å². The first-order valence-electron chi connectivity index (χ1n) is 7.54. The first kappa shape index (κ1) is 13.2. The second kappa shape index (κ2) is 5.32. The summed E-state index contributed by atoms with van der Waals surface area (Å²) in [7, 11) is 0. The van der Waals surface area contributed by atoms with Crippen LogP contribution in [0.3, 0.4) is 0 Å². The number of nitrogens with zero attached hydrogens (tertiary/aromatic N) is 1. The smallest absolute Gasteiger partial charge is 0.126 e. The van der Waals surface area contributed by atoms with Gasteiger partial charge < -0.3 is 5.32 Å². The SMILES string of the molecule is CC1CCC(CCl)(Nc2ccc3c(n2)CCC3)CC1. The summed E-state index contributed by atoms with van der Waals surface area (Å²) in [4.78, 5) is 4.79. The molecule has 0 spiro atoms. The van der Waals surface area contributed by atoms with E-state index < -0.39 is 0 Å². The fourth-order valence-electron chi connectivity index (χ4n) is 3.37. The van der Waals surface area contributed by atoms with Gasteiger partial charge in [0.05, 0.1) is 5.54 Å². The molecule has 0 unspecified atom stereocenters. The van der Waals surface area contributed by atoms with Crippen molar-refractivity contribution in [1.29, 1.82) is 0 Å². The highest BCUT2D eigenvalue weighted by atomic mass is 35.5. The largest absolute Gasteiger partial charge is 0.363 e. The molecule has 0 radical (unpaired) electrons. The Morgan fingerprint density at radius 2 is 2.11 bits per heavy atom. The Hall–Kier alpha value is -0.760. The monoisotopic (exact) mass is 278 g/mol. The van der Waals surface area contributed by atoms with Gasteiger partial charge in [-0.15, -0.1) is 11.6 Å². The number of halogens is 1. The van der Waals surface area contributed by atoms with Crippen molar-refractivity contribution in [3.63, 3.8) is 0 Å². The lowest BCUT2D eigenvalue weighted by molar-refractivity contribution is 0.286. The Labute approximate surface area is 121 Å². The summed E-state index contributed by atoms with van der Waals surface area (Å²) in [5.41, 5.74) is 2.79. The Bertz CT molecular complexity index is 450. The van der Waals surface area contributed by atoms with Gasteiger partial charge in [-0.3, -0.25) is 0 Å². The molecule has 0 amide bonds. The molecular formula is C16H23ClN2. The summed E-state index contributed by atoms with van der Waals surface area (Å²) in [5, 5.41) is 3.65. The summed E-state index contributed by atoms with van der Waals surface area (Å²) in [6.45, 7) is 2.34. The van der Waals surface area contributed by atoms with E-state index in [2.05, 4.69) is 24.4 Å². The van der Waals surface area contributed by atoms with Crippen molar-refractivity contribution in [2.75, 3.05) is 11.2 Å². The molecule has 0 aromatic carbocycles. The highest BCUT2D eigenvalue weighted by molar-refractivity contribution is 6.18. The van der Waals surface area contributed by atoms with Crippen LogP contribution in [0.4, 0.5) is 5.82 Å². The maximum atomic E-state index is 6.26. The highest BCUT2D eigenvalue weighted by Crippen LogP contribution is 2.35. The molecule has 1 aromatic heterocycles. The van der Waals surface area contributed by atoms with Gasteiger partial charge >= 0.3 is 0 Å². The van der Waals surface area contributed by atoms with Crippen LogP contribution in [0.2, 0.25) is 0 Å². The molecule has 0 atom stereocenters. The minimum absolute atomic E-state index is 0.0634. The number of rotatable bonds is 3. The number of hydrogen-bond acceptors (Lipinski definition) is 2. The predicted octanol–water partition coefficient (Wildman–Crippen LogP) is 4.17. The Morgan fingerprint density at radius 3 is 2.84 bits per heavy atom. The van der Waals surface area contributed by atoms with Crippen LogP contribution in [0.15, 0.2) is 12.1 Å². The molecule has 3 heteroatoms. The lowest BCUT2D eigenvalue weighted by Gasteiger charge is -2.39. The van der Waals surface area contributed by atoms with Crippen LogP contribution in [-0.2, 0) is 12.8 Å². The van der Waals surface area contributed by atoms with Gasteiger partial charge in [0.15, 0.2) is 0 Å². The van der Waals surface area contributed by atoms with E-state index in [9.17, 15) is 0 Å². The van der Waals surface area contributed by atoms with Crippen molar-refractivity contribution in [1.82, 2.24) is 4.98 Å². The standard InChI is InChI=1S/C16H23ClN2/c1-12-7-9-16(11-17,10-8-12)19-15-6-5-13-3-2-4-14(13)18-15/h5-6,12H,2-4,7-11H2,1H3,(H,18,19). The molecule has 0 bridgehead atoms. The molecule has 2 aliphatic carbocycles. The number of hydrogen-bond donors (Lipinski definition) is 1. The van der Waals surface area contributed by atoms with Crippen LogP contribution in [-0.4, -0.2) is 16.4 Å². The van der Waals surface area contributed by atoms with Gasteiger partial charge in [-0.25, -0.2) is 4.98 Å². The number of alkyl halides is 1. The van der Waals surface area contributed by atoms with E-state index in [1.807, 2.05) is 0 Å². The first-order chi connectivity index (χ1) is 9.21. The van der Waals surface area contributed by atoms with Gasteiger partial charge in [0.2, 0.25) is 0 Å². The zero-order chi connectivity index (χ0) is 13.3.